The maximum Gasteiger partial charge on any atom is 0.338 e. The van der Waals surface area contributed by atoms with Crippen LogP contribution in [0.15, 0.2) is 54.6 Å². The van der Waals surface area contributed by atoms with Crippen molar-refractivity contribution in [1.82, 2.24) is 0 Å². The van der Waals surface area contributed by atoms with Gasteiger partial charge in [-0.2, -0.15) is 0 Å². The van der Waals surface area contributed by atoms with Gasteiger partial charge in [0.05, 0.1) is 75.8 Å². The molecule has 2 aromatic carbocycles. The minimum atomic E-state index is -0.414. The molecule has 302 valence electrons. The Labute approximate surface area is 321 Å². The van der Waals surface area contributed by atoms with Gasteiger partial charge in [-0.25, -0.2) is 9.59 Å². The average Bonchev–Trinajstić information content (AvgIpc) is 3.19. The monoisotopic (exact) mass is 758 g/mol. The van der Waals surface area contributed by atoms with E-state index in [2.05, 4.69) is 6.92 Å². The third-order valence-electron chi connectivity index (χ3n) is 8.61. The highest BCUT2D eigenvalue weighted by atomic mass is 16.6. The van der Waals surface area contributed by atoms with Gasteiger partial charge in [0.2, 0.25) is 0 Å². The van der Waals surface area contributed by atoms with Gasteiger partial charge < -0.3 is 37.9 Å². The SMILES string of the molecule is CCCCC(CC)C(=O)OCCOCCOCCOC(=O)C(CC)CCCCc1cccc(C(=O)OCCOCCOCCOC(=O)c2ccccc2)c1. The topological polar surface area (TPSA) is 142 Å². The highest BCUT2D eigenvalue weighted by Gasteiger charge is 2.18. The van der Waals surface area contributed by atoms with E-state index in [-0.39, 0.29) is 70.0 Å². The Kier molecular flexibility index (Phi) is 26.1. The van der Waals surface area contributed by atoms with Crippen LogP contribution in [0.5, 0.6) is 0 Å². The lowest BCUT2D eigenvalue weighted by atomic mass is 9.97. The molecule has 0 heterocycles. The highest BCUT2D eigenvalue weighted by Crippen LogP contribution is 2.17. The summed E-state index contributed by atoms with van der Waals surface area (Å²) in [5.74, 6) is -1.39. The van der Waals surface area contributed by atoms with E-state index in [9.17, 15) is 19.2 Å². The van der Waals surface area contributed by atoms with E-state index in [4.69, 9.17) is 37.9 Å². The molecule has 0 bridgehead atoms. The summed E-state index contributed by atoms with van der Waals surface area (Å²) in [5, 5.41) is 0. The molecular formula is C42H62O12. The quantitative estimate of drug-likeness (QED) is 0.0440. The molecule has 2 atom stereocenters. The van der Waals surface area contributed by atoms with E-state index in [0.717, 1.165) is 56.9 Å². The van der Waals surface area contributed by atoms with Gasteiger partial charge in [-0.1, -0.05) is 70.4 Å². The smallest absolute Gasteiger partial charge is 0.338 e. The van der Waals surface area contributed by atoms with Gasteiger partial charge in [0, 0.05) is 0 Å². The van der Waals surface area contributed by atoms with Crippen molar-refractivity contribution in [3.8, 4) is 0 Å². The van der Waals surface area contributed by atoms with Crippen molar-refractivity contribution in [1.29, 1.82) is 0 Å². The Balaban J connectivity index is 1.47. The molecule has 0 spiro atoms. The maximum absolute atomic E-state index is 12.6. The van der Waals surface area contributed by atoms with Crippen molar-refractivity contribution >= 4 is 23.9 Å². The summed E-state index contributed by atoms with van der Waals surface area (Å²) in [6, 6.07) is 16.1. The molecule has 0 aliphatic carbocycles. The van der Waals surface area contributed by atoms with E-state index >= 15 is 0 Å². The minimum Gasteiger partial charge on any atom is -0.463 e. The predicted octanol–water partition coefficient (Wildman–Crippen LogP) is 6.81. The first-order valence-electron chi connectivity index (χ1n) is 19.5. The van der Waals surface area contributed by atoms with Crippen LogP contribution in [-0.2, 0) is 53.9 Å². The lowest BCUT2D eigenvalue weighted by Crippen LogP contribution is -2.21. The molecule has 0 N–H and O–H groups in total. The van der Waals surface area contributed by atoms with Crippen molar-refractivity contribution in [3.05, 3.63) is 71.3 Å². The second-order valence-corrected chi connectivity index (χ2v) is 12.7. The number of hydrogen-bond acceptors (Lipinski definition) is 12. The van der Waals surface area contributed by atoms with Crippen LogP contribution in [0.25, 0.3) is 0 Å². The Morgan fingerprint density at radius 3 is 1.43 bits per heavy atom. The fraction of sp³-hybridized carbons (Fsp3) is 0.619. The summed E-state index contributed by atoms with van der Waals surface area (Å²) in [5.41, 5.74) is 2.00. The summed E-state index contributed by atoms with van der Waals surface area (Å²) in [7, 11) is 0. The third kappa shape index (κ3) is 21.2. The number of carbonyl (C=O) groups is 4. The van der Waals surface area contributed by atoms with Crippen LogP contribution < -0.4 is 0 Å². The molecule has 12 heteroatoms. The molecule has 2 unspecified atom stereocenters. The zero-order valence-electron chi connectivity index (χ0n) is 32.6. The van der Waals surface area contributed by atoms with Gasteiger partial charge >= 0.3 is 23.9 Å². The summed E-state index contributed by atoms with van der Waals surface area (Å²) < 4.78 is 43.1. The number of rotatable bonds is 32. The van der Waals surface area contributed by atoms with Crippen LogP contribution >= 0.6 is 0 Å². The normalized spacial score (nSPS) is 12.1. The second kappa shape index (κ2) is 30.5. The maximum atomic E-state index is 12.6. The predicted molar refractivity (Wildman–Crippen MR) is 203 cm³/mol. The van der Waals surface area contributed by atoms with Crippen LogP contribution in [-0.4, -0.2) is 103 Å². The third-order valence-corrected chi connectivity index (χ3v) is 8.61. The fourth-order valence-electron chi connectivity index (χ4n) is 5.41. The average molecular weight is 759 g/mol. The number of ether oxygens (including phenoxy) is 8. The first kappa shape index (κ1) is 46.3. The summed E-state index contributed by atoms with van der Waals surface area (Å²) >= 11 is 0. The number of benzene rings is 2. The van der Waals surface area contributed by atoms with Crippen molar-refractivity contribution < 1.29 is 57.1 Å². The van der Waals surface area contributed by atoms with E-state index in [1.54, 1.807) is 30.3 Å². The van der Waals surface area contributed by atoms with Crippen LogP contribution in [0.2, 0.25) is 0 Å². The standard InChI is InChI=1S/C42H62O12/c1-4-7-16-35(5-2)39(43)51-29-25-47-21-22-48-26-30-52-40(44)36(6-3)17-12-11-14-34-15-13-20-38(33-34)42(46)54-32-28-50-24-23-49-27-31-53-41(45)37-18-9-8-10-19-37/h8-10,13,15,18-20,33,35-36H,4-7,11-12,14,16-17,21-32H2,1-3H3. The lowest BCUT2D eigenvalue weighted by molar-refractivity contribution is -0.152. The molecule has 2 aromatic rings. The summed E-state index contributed by atoms with van der Waals surface area (Å²) in [6.45, 7) is 9.25. The van der Waals surface area contributed by atoms with E-state index in [0.29, 0.717) is 50.6 Å². The number of unbranched alkanes of at least 4 members (excludes halogenated alkanes) is 2. The Morgan fingerprint density at radius 2 is 0.926 bits per heavy atom. The zero-order chi connectivity index (χ0) is 39.1. The largest absolute Gasteiger partial charge is 0.463 e. The minimum absolute atomic E-state index is 0.0390. The second-order valence-electron chi connectivity index (χ2n) is 12.7. The van der Waals surface area contributed by atoms with E-state index < -0.39 is 11.9 Å². The zero-order valence-corrected chi connectivity index (χ0v) is 32.6. The molecule has 0 fully saturated rings. The molecule has 12 nitrogen and oxygen atoms in total. The Bertz CT molecular complexity index is 1300. The van der Waals surface area contributed by atoms with Gasteiger partial charge in [0.15, 0.2) is 0 Å². The molecule has 54 heavy (non-hydrogen) atoms. The Morgan fingerprint density at radius 1 is 0.481 bits per heavy atom. The number of hydrogen-bond donors (Lipinski definition) is 0. The van der Waals surface area contributed by atoms with Gasteiger partial charge in [-0.05, 0) is 68.4 Å². The summed E-state index contributed by atoms with van der Waals surface area (Å²) in [4.78, 5) is 49.1. The molecule has 2 rings (SSSR count). The molecule has 0 saturated carbocycles. The van der Waals surface area contributed by atoms with Crippen molar-refractivity contribution in [2.75, 3.05) is 79.3 Å². The van der Waals surface area contributed by atoms with Crippen LogP contribution in [0.3, 0.4) is 0 Å². The first-order valence-corrected chi connectivity index (χ1v) is 19.5. The Hall–Kier alpha value is -3.84. The van der Waals surface area contributed by atoms with Gasteiger partial charge in [-0.3, -0.25) is 9.59 Å². The summed E-state index contributed by atoms with van der Waals surface area (Å²) in [6.07, 6.45) is 7.64. The van der Waals surface area contributed by atoms with Gasteiger partial charge in [0.25, 0.3) is 0 Å². The molecule has 0 amide bonds. The number of carbonyl (C=O) groups excluding carboxylic acids is 4. The van der Waals surface area contributed by atoms with Gasteiger partial charge in [-0.15, -0.1) is 0 Å². The van der Waals surface area contributed by atoms with Crippen LogP contribution in [0, 0.1) is 11.8 Å². The molecular weight excluding hydrogens is 696 g/mol. The molecule has 0 aromatic heterocycles. The number of esters is 4. The van der Waals surface area contributed by atoms with Crippen molar-refractivity contribution in [2.24, 2.45) is 11.8 Å². The lowest BCUT2D eigenvalue weighted by Gasteiger charge is -2.14. The first-order chi connectivity index (χ1) is 26.4. The van der Waals surface area contributed by atoms with E-state index in [1.807, 2.05) is 38.1 Å². The molecule has 0 saturated heterocycles. The highest BCUT2D eigenvalue weighted by molar-refractivity contribution is 5.89. The number of aryl methyl sites for hydroxylation is 1. The van der Waals surface area contributed by atoms with Crippen LogP contribution in [0.1, 0.15) is 98.4 Å². The fourth-order valence-corrected chi connectivity index (χ4v) is 5.41. The molecule has 0 aliphatic rings. The van der Waals surface area contributed by atoms with E-state index in [1.165, 1.54) is 0 Å². The van der Waals surface area contributed by atoms with Crippen molar-refractivity contribution in [2.45, 2.75) is 78.6 Å². The molecule has 0 aliphatic heterocycles. The van der Waals surface area contributed by atoms with Crippen molar-refractivity contribution in [3.63, 3.8) is 0 Å². The van der Waals surface area contributed by atoms with Crippen LogP contribution in [0.4, 0.5) is 0 Å². The van der Waals surface area contributed by atoms with Gasteiger partial charge in [0.1, 0.15) is 26.4 Å². The molecule has 0 radical (unpaired) electrons.